The van der Waals surface area contributed by atoms with Crippen LogP contribution in [0, 0.1) is 5.82 Å². The molecule has 0 unspecified atom stereocenters. The number of fused-ring (bicyclic) bond motifs is 1. The van der Waals surface area contributed by atoms with E-state index in [-0.39, 0.29) is 10.6 Å². The van der Waals surface area contributed by atoms with Gasteiger partial charge in [-0.3, -0.25) is 0 Å². The number of aromatic nitrogens is 2. The molecule has 2 nitrogen and oxygen atoms in total. The number of aryl methyl sites for hydroxylation is 1. The molecule has 1 aromatic heterocycles. The van der Waals surface area contributed by atoms with Crippen LogP contribution in [0.1, 0.15) is 26.6 Å². The molecule has 0 aliphatic rings. The van der Waals surface area contributed by atoms with E-state index >= 15 is 0 Å². The van der Waals surface area contributed by atoms with Crippen LogP contribution in [0.5, 0.6) is 0 Å². The highest BCUT2D eigenvalue weighted by atomic mass is 35.5. The first kappa shape index (κ1) is 13.6. The van der Waals surface area contributed by atoms with Gasteiger partial charge in [-0.25, -0.2) is 9.37 Å². The number of imidazole rings is 1. The molecule has 0 saturated carbocycles. The van der Waals surface area contributed by atoms with Gasteiger partial charge in [0.05, 0.1) is 16.1 Å². The number of rotatable bonds is 2. The third-order valence-electron chi connectivity index (χ3n) is 2.75. The summed E-state index contributed by atoms with van der Waals surface area (Å²) in [7, 11) is 0. The van der Waals surface area contributed by atoms with Crippen LogP contribution < -0.4 is 0 Å². The number of hydrogen-bond donors (Lipinski definition) is 0. The molecule has 0 aliphatic heterocycles. The van der Waals surface area contributed by atoms with Crippen LogP contribution in [-0.4, -0.2) is 15.4 Å². The third kappa shape index (κ3) is 2.34. The van der Waals surface area contributed by atoms with Gasteiger partial charge in [-0.15, -0.1) is 11.6 Å². The second kappa shape index (κ2) is 4.71. The number of halogens is 3. The van der Waals surface area contributed by atoms with Gasteiger partial charge in [-0.2, -0.15) is 0 Å². The lowest BCUT2D eigenvalue weighted by atomic mass is 10.1. The molecule has 0 N–H and O–H groups in total. The molecule has 0 saturated heterocycles. The molecule has 98 valence electrons. The van der Waals surface area contributed by atoms with E-state index in [9.17, 15) is 4.39 Å². The lowest BCUT2D eigenvalue weighted by molar-refractivity contribution is 0.395. The molecule has 18 heavy (non-hydrogen) atoms. The van der Waals surface area contributed by atoms with E-state index in [0.29, 0.717) is 17.8 Å². The van der Waals surface area contributed by atoms with Gasteiger partial charge in [0.1, 0.15) is 11.6 Å². The van der Waals surface area contributed by atoms with Gasteiger partial charge in [0, 0.05) is 23.9 Å². The molecule has 0 fully saturated rings. The Morgan fingerprint density at radius 1 is 1.33 bits per heavy atom. The predicted molar refractivity (Wildman–Crippen MR) is 74.1 cm³/mol. The Kier molecular flexibility index (Phi) is 3.56. The summed E-state index contributed by atoms with van der Waals surface area (Å²) in [6.45, 7) is 6.16. The second-order valence-electron chi connectivity index (χ2n) is 5.23. The van der Waals surface area contributed by atoms with Crippen LogP contribution >= 0.6 is 23.2 Å². The van der Waals surface area contributed by atoms with Gasteiger partial charge in [0.2, 0.25) is 0 Å². The maximum atomic E-state index is 13.6. The summed E-state index contributed by atoms with van der Waals surface area (Å²) in [6.07, 6.45) is 0.646. The van der Waals surface area contributed by atoms with Crippen molar-refractivity contribution >= 4 is 34.2 Å². The van der Waals surface area contributed by atoms with Crippen LogP contribution in [0.2, 0.25) is 5.02 Å². The Hall–Kier alpha value is -0.800. The fraction of sp³-hybridized carbons (Fsp3) is 0.462. The molecule has 1 heterocycles. The molecular formula is C13H15Cl2FN2. The van der Waals surface area contributed by atoms with E-state index in [1.807, 2.05) is 4.57 Å². The Morgan fingerprint density at radius 3 is 2.56 bits per heavy atom. The summed E-state index contributed by atoms with van der Waals surface area (Å²) in [5.74, 6) is 0.913. The summed E-state index contributed by atoms with van der Waals surface area (Å²) in [4.78, 5) is 4.50. The van der Waals surface area contributed by atoms with Crippen molar-refractivity contribution in [3.8, 4) is 0 Å². The Labute approximate surface area is 116 Å². The molecule has 0 spiro atoms. The van der Waals surface area contributed by atoms with E-state index in [1.165, 1.54) is 6.07 Å². The largest absolute Gasteiger partial charge is 0.322 e. The fourth-order valence-corrected chi connectivity index (χ4v) is 2.45. The monoisotopic (exact) mass is 288 g/mol. The lowest BCUT2D eigenvalue weighted by Crippen LogP contribution is -2.24. The van der Waals surface area contributed by atoms with Crippen LogP contribution in [0.3, 0.4) is 0 Å². The van der Waals surface area contributed by atoms with Gasteiger partial charge < -0.3 is 4.57 Å². The van der Waals surface area contributed by atoms with Crippen molar-refractivity contribution in [2.75, 3.05) is 5.88 Å². The topological polar surface area (TPSA) is 17.8 Å². The number of hydrogen-bond acceptors (Lipinski definition) is 1. The van der Waals surface area contributed by atoms with Crippen molar-refractivity contribution in [1.82, 2.24) is 9.55 Å². The molecule has 0 bridgehead atoms. The van der Waals surface area contributed by atoms with Crippen LogP contribution in [0.25, 0.3) is 11.0 Å². The van der Waals surface area contributed by atoms with E-state index in [2.05, 4.69) is 25.8 Å². The van der Waals surface area contributed by atoms with E-state index < -0.39 is 5.82 Å². The number of nitrogens with zero attached hydrogens (tertiary/aromatic N) is 2. The first-order valence-corrected chi connectivity index (χ1v) is 6.68. The molecule has 2 rings (SSSR count). The lowest BCUT2D eigenvalue weighted by Gasteiger charge is -2.24. The average molecular weight is 289 g/mol. The molecule has 2 aromatic rings. The van der Waals surface area contributed by atoms with E-state index in [4.69, 9.17) is 23.2 Å². The summed E-state index contributed by atoms with van der Waals surface area (Å²) >= 11 is 11.6. The van der Waals surface area contributed by atoms with Crippen molar-refractivity contribution in [2.24, 2.45) is 0 Å². The molecule has 0 atom stereocenters. The third-order valence-corrected chi connectivity index (χ3v) is 3.23. The van der Waals surface area contributed by atoms with Gasteiger partial charge >= 0.3 is 0 Å². The zero-order valence-electron chi connectivity index (χ0n) is 10.6. The van der Waals surface area contributed by atoms with Gasteiger partial charge in [0.25, 0.3) is 0 Å². The number of benzene rings is 1. The Morgan fingerprint density at radius 2 is 2.00 bits per heavy atom. The average Bonchev–Trinajstić information content (AvgIpc) is 2.56. The zero-order chi connectivity index (χ0) is 13.5. The molecule has 0 aliphatic carbocycles. The van der Waals surface area contributed by atoms with Crippen molar-refractivity contribution in [2.45, 2.75) is 32.7 Å². The summed E-state index contributed by atoms with van der Waals surface area (Å²) < 4.78 is 15.6. The minimum Gasteiger partial charge on any atom is -0.322 e. The quantitative estimate of drug-likeness (QED) is 0.751. The second-order valence-corrected chi connectivity index (χ2v) is 6.01. The minimum absolute atomic E-state index is 0.0958. The molecule has 0 radical (unpaired) electrons. The van der Waals surface area contributed by atoms with E-state index in [0.717, 1.165) is 11.3 Å². The molecule has 1 aromatic carbocycles. The summed E-state index contributed by atoms with van der Waals surface area (Å²) in [6, 6.07) is 3.00. The predicted octanol–water partition coefficient (Wildman–Crippen LogP) is 4.37. The SMILES string of the molecule is CC(C)(C)n1c(CCCl)nc2cc(Cl)c(F)cc21. The minimum atomic E-state index is -0.424. The summed E-state index contributed by atoms with van der Waals surface area (Å²) in [5.41, 5.74) is 1.28. The van der Waals surface area contributed by atoms with Crippen molar-refractivity contribution in [1.29, 1.82) is 0 Å². The van der Waals surface area contributed by atoms with Crippen molar-refractivity contribution < 1.29 is 4.39 Å². The highest BCUT2D eigenvalue weighted by Crippen LogP contribution is 2.29. The molecular weight excluding hydrogens is 274 g/mol. The van der Waals surface area contributed by atoms with Crippen LogP contribution in [-0.2, 0) is 12.0 Å². The zero-order valence-corrected chi connectivity index (χ0v) is 12.1. The summed E-state index contributed by atoms with van der Waals surface area (Å²) in [5, 5.41) is 0.0958. The van der Waals surface area contributed by atoms with Crippen LogP contribution in [0.15, 0.2) is 12.1 Å². The van der Waals surface area contributed by atoms with Gasteiger partial charge in [0.15, 0.2) is 0 Å². The van der Waals surface area contributed by atoms with E-state index in [1.54, 1.807) is 6.07 Å². The van der Waals surface area contributed by atoms with Gasteiger partial charge in [-0.1, -0.05) is 11.6 Å². The normalized spacial score (nSPS) is 12.3. The molecule has 0 amide bonds. The Balaban J connectivity index is 2.77. The highest BCUT2D eigenvalue weighted by molar-refractivity contribution is 6.31. The standard InChI is InChI=1S/C13H15Cl2FN2/c1-13(2,3)18-11-7-9(16)8(15)6-10(11)17-12(18)4-5-14/h6-7H,4-5H2,1-3H3. The first-order valence-electron chi connectivity index (χ1n) is 5.77. The van der Waals surface area contributed by atoms with Crippen LogP contribution in [0.4, 0.5) is 4.39 Å². The van der Waals surface area contributed by atoms with Crippen molar-refractivity contribution in [3.05, 3.63) is 28.8 Å². The Bertz CT molecular complexity index is 585. The molecule has 5 heteroatoms. The van der Waals surface area contributed by atoms with Gasteiger partial charge in [-0.05, 0) is 26.8 Å². The maximum absolute atomic E-state index is 13.6. The smallest absolute Gasteiger partial charge is 0.144 e. The fourth-order valence-electron chi connectivity index (χ4n) is 2.12. The van der Waals surface area contributed by atoms with Crippen molar-refractivity contribution in [3.63, 3.8) is 0 Å². The first-order chi connectivity index (χ1) is 8.34. The number of alkyl halides is 1. The maximum Gasteiger partial charge on any atom is 0.144 e. The highest BCUT2D eigenvalue weighted by Gasteiger charge is 2.22.